The number of hydrogen-bond donors (Lipinski definition) is 0. The lowest BCUT2D eigenvalue weighted by molar-refractivity contribution is 0.139. The lowest BCUT2D eigenvalue weighted by Crippen LogP contribution is -2.51. The number of nitrogens with zero attached hydrogens (tertiary/aromatic N) is 4. The summed E-state index contributed by atoms with van der Waals surface area (Å²) in [6.07, 6.45) is 8.73. The molecule has 5 nitrogen and oxygen atoms in total. The molecule has 0 amide bonds. The third kappa shape index (κ3) is 6.12. The van der Waals surface area contributed by atoms with Crippen LogP contribution in [0.5, 0.6) is 5.75 Å². The van der Waals surface area contributed by atoms with Crippen LogP contribution >= 0.6 is 0 Å². The zero-order valence-electron chi connectivity index (χ0n) is 34.3. The van der Waals surface area contributed by atoms with Gasteiger partial charge in [0.05, 0.1) is 16.8 Å². The Balaban J connectivity index is 1.13. The van der Waals surface area contributed by atoms with Crippen LogP contribution in [0, 0.1) is 5.92 Å². The van der Waals surface area contributed by atoms with E-state index in [4.69, 9.17) is 19.7 Å². The number of anilines is 3. The van der Waals surface area contributed by atoms with Gasteiger partial charge in [0.2, 0.25) is 0 Å². The van der Waals surface area contributed by atoms with Crippen LogP contribution in [0.25, 0.3) is 56.4 Å². The Kier molecular flexibility index (Phi) is 8.78. The molecule has 2 unspecified atom stereocenters. The standard InChI is InChI=1S/C58H40N4O/c1-5-18-39(19-6-1)43-32-34-51-49(37-43)58(47-28-13-15-30-53(47)63-54-31-16-14-29-48(54)58)50-38-44(40-20-7-2-8-21-40)33-35-52(50)62(51)46-27-17-26-45(36-46)57-60-55(41-22-9-3-10-23-41)59-56(61-57)42-24-11-4-12-25-42/h1-38,47,53H. The molecule has 63 heavy (non-hydrogen) atoms. The summed E-state index contributed by atoms with van der Waals surface area (Å²) in [7, 11) is 0. The van der Waals surface area contributed by atoms with Crippen molar-refractivity contribution in [1.82, 2.24) is 15.0 Å². The predicted molar refractivity (Wildman–Crippen MR) is 254 cm³/mol. The van der Waals surface area contributed by atoms with Crippen LogP contribution in [0.2, 0.25) is 0 Å². The molecule has 1 spiro atoms. The van der Waals surface area contributed by atoms with Gasteiger partial charge in [-0.3, -0.25) is 0 Å². The monoisotopic (exact) mass is 808 g/mol. The highest BCUT2D eigenvalue weighted by molar-refractivity contribution is 5.92. The topological polar surface area (TPSA) is 51.1 Å². The molecule has 3 aliphatic rings. The van der Waals surface area contributed by atoms with E-state index in [9.17, 15) is 0 Å². The molecule has 0 N–H and O–H groups in total. The van der Waals surface area contributed by atoms with E-state index >= 15 is 0 Å². The number of ether oxygens (including phenoxy) is 1. The zero-order chi connectivity index (χ0) is 41.7. The minimum absolute atomic E-state index is 0.0431. The Morgan fingerprint density at radius 1 is 0.381 bits per heavy atom. The summed E-state index contributed by atoms with van der Waals surface area (Å²) in [5.74, 6) is 2.73. The lowest BCUT2D eigenvalue weighted by Gasteiger charge is -2.53. The number of aromatic nitrogens is 3. The lowest BCUT2D eigenvalue weighted by atomic mass is 9.56. The summed E-state index contributed by atoms with van der Waals surface area (Å²) < 4.78 is 6.91. The number of allylic oxidation sites excluding steroid dienone is 2. The summed E-state index contributed by atoms with van der Waals surface area (Å²) in [5.41, 5.74) is 13.6. The molecule has 0 saturated carbocycles. The summed E-state index contributed by atoms with van der Waals surface area (Å²) in [4.78, 5) is 17.7. The number of para-hydroxylation sites is 1. The van der Waals surface area contributed by atoms with Crippen molar-refractivity contribution in [2.45, 2.75) is 11.5 Å². The van der Waals surface area contributed by atoms with Crippen molar-refractivity contribution in [3.05, 3.63) is 247 Å². The van der Waals surface area contributed by atoms with E-state index < -0.39 is 5.41 Å². The molecule has 2 aliphatic heterocycles. The highest BCUT2D eigenvalue weighted by atomic mass is 16.5. The van der Waals surface area contributed by atoms with Crippen LogP contribution in [0.1, 0.15) is 16.7 Å². The molecule has 0 bridgehead atoms. The maximum absolute atomic E-state index is 6.91. The summed E-state index contributed by atoms with van der Waals surface area (Å²) in [6, 6.07) is 73.1. The minimum Gasteiger partial charge on any atom is -0.485 e. The fraction of sp³-hybridized carbons (Fsp3) is 0.0517. The van der Waals surface area contributed by atoms with E-state index in [0.29, 0.717) is 17.5 Å². The summed E-state index contributed by atoms with van der Waals surface area (Å²) in [6.45, 7) is 0. The second-order valence-electron chi connectivity index (χ2n) is 16.3. The van der Waals surface area contributed by atoms with E-state index in [0.717, 1.165) is 56.2 Å². The highest BCUT2D eigenvalue weighted by Crippen LogP contribution is 2.63. The second kappa shape index (κ2) is 15.1. The summed E-state index contributed by atoms with van der Waals surface area (Å²) >= 11 is 0. The van der Waals surface area contributed by atoms with Crippen LogP contribution in [0.3, 0.4) is 0 Å². The molecule has 3 heterocycles. The average Bonchev–Trinajstić information content (AvgIpc) is 3.37. The third-order valence-electron chi connectivity index (χ3n) is 12.8. The first-order chi connectivity index (χ1) is 31.2. The van der Waals surface area contributed by atoms with Gasteiger partial charge in [-0.15, -0.1) is 0 Å². The zero-order valence-corrected chi connectivity index (χ0v) is 34.3. The quantitative estimate of drug-likeness (QED) is 0.167. The first-order valence-electron chi connectivity index (χ1n) is 21.5. The molecular formula is C58H40N4O. The maximum Gasteiger partial charge on any atom is 0.164 e. The van der Waals surface area contributed by atoms with Gasteiger partial charge in [0, 0.05) is 33.9 Å². The molecule has 8 aromatic carbocycles. The number of rotatable bonds is 6. The van der Waals surface area contributed by atoms with E-state index in [-0.39, 0.29) is 12.0 Å². The number of benzene rings is 8. The third-order valence-corrected chi connectivity index (χ3v) is 12.8. The molecule has 0 radical (unpaired) electrons. The fourth-order valence-corrected chi connectivity index (χ4v) is 9.95. The van der Waals surface area contributed by atoms with Crippen LogP contribution in [0.4, 0.5) is 17.1 Å². The molecule has 9 aromatic rings. The SMILES string of the molecule is C1=CC2Oc3ccccc3C3(c4cc(-c5ccccc5)ccc4N(c4cccc(-c5nc(-c6ccccc6)nc(-c6ccccc6)n5)c4)c4ccc(-c5ccccc5)cc43)C2C=C1. The molecule has 0 saturated heterocycles. The van der Waals surface area contributed by atoms with E-state index in [2.05, 4.69) is 175 Å². The van der Waals surface area contributed by atoms with Crippen LogP contribution in [0.15, 0.2) is 231 Å². The largest absolute Gasteiger partial charge is 0.485 e. The van der Waals surface area contributed by atoms with E-state index in [1.807, 2.05) is 60.7 Å². The van der Waals surface area contributed by atoms with Gasteiger partial charge in [-0.05, 0) is 81.9 Å². The Morgan fingerprint density at radius 2 is 0.857 bits per heavy atom. The molecule has 2 atom stereocenters. The number of fused-ring (bicyclic) bond motifs is 8. The van der Waals surface area contributed by atoms with Gasteiger partial charge < -0.3 is 9.64 Å². The van der Waals surface area contributed by atoms with Crippen molar-refractivity contribution in [3.8, 4) is 62.2 Å². The van der Waals surface area contributed by atoms with Gasteiger partial charge in [0.15, 0.2) is 17.5 Å². The molecule has 0 fully saturated rings. The average molecular weight is 809 g/mol. The molecule has 12 rings (SSSR count). The van der Waals surface area contributed by atoms with Gasteiger partial charge in [-0.2, -0.15) is 0 Å². The van der Waals surface area contributed by atoms with Crippen molar-refractivity contribution in [1.29, 1.82) is 0 Å². The van der Waals surface area contributed by atoms with Crippen LogP contribution in [-0.4, -0.2) is 21.1 Å². The molecule has 5 heteroatoms. The van der Waals surface area contributed by atoms with Gasteiger partial charge in [0.1, 0.15) is 11.9 Å². The van der Waals surface area contributed by atoms with Crippen LogP contribution in [-0.2, 0) is 5.41 Å². The summed E-state index contributed by atoms with van der Waals surface area (Å²) in [5, 5.41) is 0. The van der Waals surface area contributed by atoms with Gasteiger partial charge in [-0.25, -0.2) is 15.0 Å². The smallest absolute Gasteiger partial charge is 0.164 e. The van der Waals surface area contributed by atoms with Crippen molar-refractivity contribution < 1.29 is 4.74 Å². The Morgan fingerprint density at radius 3 is 1.43 bits per heavy atom. The van der Waals surface area contributed by atoms with Crippen molar-refractivity contribution >= 4 is 17.1 Å². The maximum atomic E-state index is 6.91. The Bertz CT molecular complexity index is 3070. The normalized spacial score (nSPS) is 16.3. The van der Waals surface area contributed by atoms with Gasteiger partial charge in [0.25, 0.3) is 0 Å². The first kappa shape index (κ1) is 36.7. The van der Waals surface area contributed by atoms with Crippen LogP contribution < -0.4 is 9.64 Å². The highest BCUT2D eigenvalue weighted by Gasteiger charge is 2.56. The Labute approximate surface area is 367 Å². The Hall–Kier alpha value is -8.15. The van der Waals surface area contributed by atoms with Gasteiger partial charge in [-0.1, -0.05) is 182 Å². The van der Waals surface area contributed by atoms with E-state index in [1.54, 1.807) is 0 Å². The van der Waals surface area contributed by atoms with Crippen molar-refractivity contribution in [3.63, 3.8) is 0 Å². The molecule has 1 aromatic heterocycles. The molecule has 1 aliphatic carbocycles. The van der Waals surface area contributed by atoms with Crippen molar-refractivity contribution in [2.24, 2.45) is 5.92 Å². The predicted octanol–water partition coefficient (Wildman–Crippen LogP) is 13.8. The van der Waals surface area contributed by atoms with Crippen molar-refractivity contribution in [2.75, 3.05) is 4.90 Å². The number of hydrogen-bond acceptors (Lipinski definition) is 5. The first-order valence-corrected chi connectivity index (χ1v) is 21.5. The second-order valence-corrected chi connectivity index (χ2v) is 16.3. The molecular weight excluding hydrogens is 769 g/mol. The van der Waals surface area contributed by atoms with E-state index in [1.165, 1.54) is 22.3 Å². The fourth-order valence-electron chi connectivity index (χ4n) is 9.95. The van der Waals surface area contributed by atoms with Gasteiger partial charge >= 0.3 is 0 Å². The molecule has 298 valence electrons. The minimum atomic E-state index is -0.626.